The summed E-state index contributed by atoms with van der Waals surface area (Å²) in [7, 11) is 0. The Morgan fingerprint density at radius 1 is 0.319 bits per heavy atom. The Kier molecular flexibility index (Phi) is 8.02. The van der Waals surface area contributed by atoms with E-state index in [4.69, 9.17) is 4.42 Å². The zero-order valence-electron chi connectivity index (χ0n) is 37.5. The molecule has 0 amide bonds. The average Bonchev–Trinajstić information content (AvgIpc) is 4.05. The standard InChI is InChI=1S/C67H41NO/c1-2-19-42(20-3-1)47-24-13-17-34-61(47)68(45-37-38-54-53-30-12-16-33-59(53)67(60(54)41-45)57-31-14-10-28-51(57)52-29-11-15-32-58(52)67)62-35-18-36-63-65(62)56-40-44-22-5-7-25-48(44)64(66(56)69-63)55-39-43-21-4-6-23-46(43)49-26-8-9-27-50(49)55/h1-41H. The monoisotopic (exact) mass is 875 g/mol. The first-order valence-corrected chi connectivity index (χ1v) is 23.9. The molecule has 0 saturated heterocycles. The van der Waals surface area contributed by atoms with Crippen LogP contribution in [0.3, 0.4) is 0 Å². The van der Waals surface area contributed by atoms with Crippen LogP contribution < -0.4 is 4.90 Å². The highest BCUT2D eigenvalue weighted by atomic mass is 16.3. The summed E-state index contributed by atoms with van der Waals surface area (Å²) in [4.78, 5) is 2.50. The maximum atomic E-state index is 7.33. The van der Waals surface area contributed by atoms with Crippen LogP contribution in [-0.4, -0.2) is 0 Å². The van der Waals surface area contributed by atoms with Crippen molar-refractivity contribution in [2.75, 3.05) is 4.90 Å². The van der Waals surface area contributed by atoms with Crippen LogP contribution in [0.4, 0.5) is 17.1 Å². The number of fused-ring (bicyclic) bond motifs is 17. The molecule has 1 heterocycles. The number of benzene rings is 12. The minimum atomic E-state index is -0.496. The maximum Gasteiger partial charge on any atom is 0.143 e. The summed E-state index contributed by atoms with van der Waals surface area (Å²) in [6.45, 7) is 0. The van der Waals surface area contributed by atoms with Gasteiger partial charge in [0.2, 0.25) is 0 Å². The topological polar surface area (TPSA) is 16.4 Å². The zero-order chi connectivity index (χ0) is 45.2. The van der Waals surface area contributed by atoms with Gasteiger partial charge in [-0.25, -0.2) is 0 Å². The number of hydrogen-bond acceptors (Lipinski definition) is 2. The molecular formula is C67H41NO. The van der Waals surface area contributed by atoms with Crippen LogP contribution in [0.2, 0.25) is 0 Å². The van der Waals surface area contributed by atoms with Gasteiger partial charge in [-0.15, -0.1) is 0 Å². The van der Waals surface area contributed by atoms with Crippen molar-refractivity contribution in [2.45, 2.75) is 5.41 Å². The third-order valence-electron chi connectivity index (χ3n) is 15.2. The third kappa shape index (κ3) is 5.26. The second kappa shape index (κ2) is 14.5. The summed E-state index contributed by atoms with van der Waals surface area (Å²) in [5.74, 6) is 0. The molecule has 0 atom stereocenters. The Balaban J connectivity index is 1.05. The van der Waals surface area contributed by atoms with Crippen LogP contribution in [-0.2, 0) is 5.41 Å². The second-order valence-corrected chi connectivity index (χ2v) is 18.6. The van der Waals surface area contributed by atoms with Crippen LogP contribution in [0.15, 0.2) is 253 Å². The molecule has 0 saturated carbocycles. The summed E-state index contributed by atoms with van der Waals surface area (Å²) in [6, 6.07) is 91.8. The number of anilines is 3. The molecule has 0 radical (unpaired) electrons. The number of para-hydroxylation sites is 1. The molecule has 15 rings (SSSR count). The van der Waals surface area contributed by atoms with Crippen molar-refractivity contribution in [3.05, 3.63) is 271 Å². The molecule has 2 aliphatic carbocycles. The van der Waals surface area contributed by atoms with E-state index in [1.54, 1.807) is 0 Å². The largest absolute Gasteiger partial charge is 0.455 e. The molecule has 13 aromatic rings. The predicted octanol–water partition coefficient (Wildman–Crippen LogP) is 18.2. The lowest BCUT2D eigenvalue weighted by Gasteiger charge is -2.33. The van der Waals surface area contributed by atoms with Gasteiger partial charge in [-0.1, -0.05) is 206 Å². The van der Waals surface area contributed by atoms with Gasteiger partial charge < -0.3 is 9.32 Å². The van der Waals surface area contributed by atoms with Gasteiger partial charge in [0.05, 0.1) is 22.2 Å². The van der Waals surface area contributed by atoms with Crippen LogP contribution in [0.25, 0.3) is 98.8 Å². The highest BCUT2D eigenvalue weighted by molar-refractivity contribution is 6.25. The number of nitrogens with zero attached hydrogens (tertiary/aromatic N) is 1. The molecule has 2 aliphatic rings. The summed E-state index contributed by atoms with van der Waals surface area (Å²) in [6.07, 6.45) is 0. The van der Waals surface area contributed by atoms with Gasteiger partial charge in [-0.05, 0) is 130 Å². The van der Waals surface area contributed by atoms with E-state index in [2.05, 4.69) is 254 Å². The predicted molar refractivity (Wildman–Crippen MR) is 288 cm³/mol. The van der Waals surface area contributed by atoms with Gasteiger partial charge >= 0.3 is 0 Å². The van der Waals surface area contributed by atoms with Crippen molar-refractivity contribution in [2.24, 2.45) is 0 Å². The van der Waals surface area contributed by atoms with E-state index in [0.29, 0.717) is 0 Å². The third-order valence-corrected chi connectivity index (χ3v) is 15.2. The van der Waals surface area contributed by atoms with Gasteiger partial charge in [0.15, 0.2) is 0 Å². The molecule has 2 heteroatoms. The van der Waals surface area contributed by atoms with Crippen molar-refractivity contribution in [1.29, 1.82) is 0 Å². The minimum absolute atomic E-state index is 0.496. The van der Waals surface area contributed by atoms with Gasteiger partial charge in [-0.3, -0.25) is 0 Å². The highest BCUT2D eigenvalue weighted by Crippen LogP contribution is 2.63. The van der Waals surface area contributed by atoms with Crippen molar-refractivity contribution in [3.8, 4) is 44.5 Å². The molecule has 0 fully saturated rings. The van der Waals surface area contributed by atoms with Crippen LogP contribution >= 0.6 is 0 Å². The van der Waals surface area contributed by atoms with Crippen molar-refractivity contribution < 1.29 is 4.42 Å². The van der Waals surface area contributed by atoms with Gasteiger partial charge in [0, 0.05) is 22.2 Å². The zero-order valence-corrected chi connectivity index (χ0v) is 37.5. The number of rotatable bonds is 5. The molecule has 2 nitrogen and oxygen atoms in total. The van der Waals surface area contributed by atoms with Crippen LogP contribution in [0.5, 0.6) is 0 Å². The fourth-order valence-corrected chi connectivity index (χ4v) is 12.5. The summed E-state index contributed by atoms with van der Waals surface area (Å²) in [5.41, 5.74) is 19.4. The molecule has 0 unspecified atom stereocenters. The first-order chi connectivity index (χ1) is 34.3. The van der Waals surface area contributed by atoms with Crippen LogP contribution in [0, 0.1) is 0 Å². The van der Waals surface area contributed by atoms with E-state index >= 15 is 0 Å². The maximum absolute atomic E-state index is 7.33. The smallest absolute Gasteiger partial charge is 0.143 e. The van der Waals surface area contributed by atoms with E-state index < -0.39 is 5.41 Å². The Morgan fingerprint density at radius 2 is 0.855 bits per heavy atom. The van der Waals surface area contributed by atoms with E-state index in [1.807, 2.05) is 0 Å². The molecule has 0 bridgehead atoms. The van der Waals surface area contributed by atoms with Gasteiger partial charge in [0.25, 0.3) is 0 Å². The lowest BCUT2D eigenvalue weighted by atomic mass is 9.70. The van der Waals surface area contributed by atoms with E-state index in [-0.39, 0.29) is 0 Å². The lowest BCUT2D eigenvalue weighted by molar-refractivity contribution is 0.670. The highest BCUT2D eigenvalue weighted by Gasteiger charge is 2.51. The summed E-state index contributed by atoms with van der Waals surface area (Å²) >= 11 is 0. The van der Waals surface area contributed by atoms with Crippen molar-refractivity contribution in [1.82, 2.24) is 0 Å². The van der Waals surface area contributed by atoms with Crippen molar-refractivity contribution >= 4 is 71.3 Å². The Morgan fingerprint density at radius 3 is 1.57 bits per heavy atom. The van der Waals surface area contributed by atoms with E-state index in [1.165, 1.54) is 77.0 Å². The molecule has 0 N–H and O–H groups in total. The number of hydrogen-bond donors (Lipinski definition) is 0. The van der Waals surface area contributed by atoms with E-state index in [0.717, 1.165) is 61.1 Å². The van der Waals surface area contributed by atoms with Gasteiger partial charge in [0.1, 0.15) is 11.2 Å². The normalized spacial score (nSPS) is 13.0. The fourth-order valence-electron chi connectivity index (χ4n) is 12.5. The number of furan rings is 1. The van der Waals surface area contributed by atoms with Gasteiger partial charge in [-0.2, -0.15) is 0 Å². The minimum Gasteiger partial charge on any atom is -0.455 e. The Labute approximate surface area is 399 Å². The first-order valence-electron chi connectivity index (χ1n) is 23.9. The Bertz CT molecular complexity index is 4210. The SMILES string of the molecule is c1ccc(-c2ccccc2N(c2ccc3c(c2)C2(c4ccccc4-c4ccccc42)c2ccccc2-3)c2cccc3oc4c(-c5cc6ccccc6c6ccccc56)c5ccccc5cc4c23)cc1. The summed E-state index contributed by atoms with van der Waals surface area (Å²) < 4.78 is 7.33. The summed E-state index contributed by atoms with van der Waals surface area (Å²) in [5, 5.41) is 9.38. The second-order valence-electron chi connectivity index (χ2n) is 18.6. The molecule has 0 aliphatic heterocycles. The molecule has 320 valence electrons. The average molecular weight is 876 g/mol. The fraction of sp³-hybridized carbons (Fsp3) is 0.0149. The first kappa shape index (κ1) is 38.2. The lowest BCUT2D eigenvalue weighted by Crippen LogP contribution is -2.26. The molecule has 12 aromatic carbocycles. The molecule has 69 heavy (non-hydrogen) atoms. The molecule has 1 spiro atoms. The van der Waals surface area contributed by atoms with Crippen molar-refractivity contribution in [3.63, 3.8) is 0 Å². The van der Waals surface area contributed by atoms with E-state index in [9.17, 15) is 0 Å². The van der Waals surface area contributed by atoms with Crippen LogP contribution in [0.1, 0.15) is 22.3 Å². The molecule has 1 aromatic heterocycles. The quantitative estimate of drug-likeness (QED) is 0.160. The Hall–Kier alpha value is -8.98. The molecular weight excluding hydrogens is 835 g/mol.